The molecular weight excluding hydrogens is 159 g/mol. The quantitative estimate of drug-likeness (QED) is 0.402. The predicted octanol–water partition coefficient (Wildman–Crippen LogP) is 1.39. The van der Waals surface area contributed by atoms with Crippen molar-refractivity contribution in [3.63, 3.8) is 0 Å². The van der Waals surface area contributed by atoms with E-state index in [0.717, 1.165) is 0 Å². The zero-order valence-corrected chi connectivity index (χ0v) is 5.77. The molecule has 48 valence electrons. The molecule has 9 heavy (non-hydrogen) atoms. The van der Waals surface area contributed by atoms with Gasteiger partial charge in [0.15, 0.2) is 0 Å². The molecule has 0 bridgehead atoms. The van der Waals surface area contributed by atoms with Gasteiger partial charge in [-0.15, -0.1) is 0 Å². The van der Waals surface area contributed by atoms with Crippen LogP contribution in [0.2, 0.25) is 0 Å². The van der Waals surface area contributed by atoms with Gasteiger partial charge in [0.25, 0.3) is 0 Å². The number of nitrogens with zero attached hydrogens (tertiary/aromatic N) is 2. The second-order valence-electron chi connectivity index (χ2n) is 0.666. The number of allylic oxidation sites excluding steroid dienone is 2. The van der Waals surface area contributed by atoms with Crippen LogP contribution in [0.4, 0.5) is 0 Å². The molecule has 0 atom stereocenters. The maximum atomic E-state index is 7.51. The Hall–Kier alpha value is -1.05. The van der Waals surface area contributed by atoms with Crippen molar-refractivity contribution < 1.29 is 16.5 Å². The Labute approximate surface area is 65.0 Å². The molecule has 0 aliphatic heterocycles. The molecule has 0 unspecified atom stereocenters. The van der Waals surface area contributed by atoms with E-state index >= 15 is 0 Å². The van der Waals surface area contributed by atoms with Crippen molar-refractivity contribution in [2.75, 3.05) is 0 Å². The molecule has 0 aliphatic rings. The normalized spacial score (nSPS) is 3.33. The molecule has 3 heteroatoms. The Kier molecular flexibility index (Phi) is 49.2. The molecule has 0 saturated carbocycles. The SMILES string of the molecule is C=CC#N.C=CC#N.[Ni+2]. The molecule has 0 aromatic rings. The van der Waals surface area contributed by atoms with E-state index in [0.29, 0.717) is 0 Å². The second-order valence-corrected chi connectivity index (χ2v) is 0.666. The zero-order valence-electron chi connectivity index (χ0n) is 4.78. The van der Waals surface area contributed by atoms with Crippen LogP contribution >= 0.6 is 0 Å². The van der Waals surface area contributed by atoms with E-state index in [1.807, 2.05) is 0 Å². The van der Waals surface area contributed by atoms with Crippen LogP contribution in [0.15, 0.2) is 25.3 Å². The van der Waals surface area contributed by atoms with Gasteiger partial charge in [0.05, 0.1) is 12.1 Å². The van der Waals surface area contributed by atoms with Gasteiger partial charge in [0.1, 0.15) is 0 Å². The summed E-state index contributed by atoms with van der Waals surface area (Å²) in [5, 5.41) is 15.0. The fourth-order valence-corrected chi connectivity index (χ4v) is 0. The topological polar surface area (TPSA) is 47.6 Å². The minimum Gasteiger partial charge on any atom is -0.193 e. The van der Waals surface area contributed by atoms with E-state index in [4.69, 9.17) is 10.5 Å². The molecule has 0 rings (SSSR count). The molecule has 0 N–H and O–H groups in total. The summed E-state index contributed by atoms with van der Waals surface area (Å²) in [6.45, 7) is 6.24. The van der Waals surface area contributed by atoms with Gasteiger partial charge in [0.2, 0.25) is 0 Å². The van der Waals surface area contributed by atoms with Gasteiger partial charge in [-0.2, -0.15) is 10.5 Å². The van der Waals surface area contributed by atoms with Crippen LogP contribution in [-0.2, 0) is 16.5 Å². The molecule has 0 aromatic carbocycles. The molecule has 2 nitrogen and oxygen atoms in total. The first-order valence-electron chi connectivity index (χ1n) is 1.84. The van der Waals surface area contributed by atoms with Gasteiger partial charge in [0, 0.05) is 12.2 Å². The summed E-state index contributed by atoms with van der Waals surface area (Å²) < 4.78 is 0. The van der Waals surface area contributed by atoms with E-state index in [2.05, 4.69) is 13.2 Å². The van der Waals surface area contributed by atoms with Crippen molar-refractivity contribution in [1.29, 1.82) is 10.5 Å². The van der Waals surface area contributed by atoms with Gasteiger partial charge in [-0.25, -0.2) is 0 Å². The van der Waals surface area contributed by atoms with E-state index in [-0.39, 0.29) is 16.5 Å². The van der Waals surface area contributed by atoms with E-state index in [1.54, 1.807) is 12.1 Å². The fraction of sp³-hybridized carbons (Fsp3) is 0. The zero-order chi connectivity index (χ0) is 6.83. The van der Waals surface area contributed by atoms with Crippen LogP contribution in [0.25, 0.3) is 0 Å². The third-order valence-electron chi connectivity index (χ3n) is 0.183. The van der Waals surface area contributed by atoms with Gasteiger partial charge < -0.3 is 0 Å². The third-order valence-corrected chi connectivity index (χ3v) is 0.183. The predicted molar refractivity (Wildman–Crippen MR) is 31.6 cm³/mol. The smallest absolute Gasteiger partial charge is 0.193 e. The Bertz CT molecular complexity index is 120. The van der Waals surface area contributed by atoms with E-state index in [1.165, 1.54) is 12.2 Å². The summed E-state index contributed by atoms with van der Waals surface area (Å²) in [5.74, 6) is 0. The third kappa shape index (κ3) is 188. The molecule has 0 fully saturated rings. The molecule has 0 heterocycles. The molecule has 0 amide bonds. The van der Waals surface area contributed by atoms with Crippen molar-refractivity contribution >= 4 is 0 Å². The Morgan fingerprint density at radius 3 is 1.11 bits per heavy atom. The first kappa shape index (κ1) is 15.7. The summed E-state index contributed by atoms with van der Waals surface area (Å²) >= 11 is 0. The molecule has 0 aromatic heterocycles. The molecular formula is C6H6N2Ni+2. The van der Waals surface area contributed by atoms with Crippen molar-refractivity contribution in [2.45, 2.75) is 0 Å². The van der Waals surface area contributed by atoms with Crippen molar-refractivity contribution in [3.05, 3.63) is 25.3 Å². The molecule has 0 spiro atoms. The van der Waals surface area contributed by atoms with Crippen LogP contribution in [0.5, 0.6) is 0 Å². The minimum atomic E-state index is 0. The number of nitriles is 2. The maximum absolute atomic E-state index is 7.51. The summed E-state index contributed by atoms with van der Waals surface area (Å²) in [4.78, 5) is 0. The number of hydrogen-bond acceptors (Lipinski definition) is 2. The number of hydrogen-bond donors (Lipinski definition) is 0. The van der Waals surface area contributed by atoms with Crippen LogP contribution in [0.1, 0.15) is 0 Å². The van der Waals surface area contributed by atoms with E-state index in [9.17, 15) is 0 Å². The molecule has 0 aliphatic carbocycles. The van der Waals surface area contributed by atoms with Crippen molar-refractivity contribution in [2.24, 2.45) is 0 Å². The Balaban J connectivity index is -0.0000000720. The maximum Gasteiger partial charge on any atom is 2.00 e. The summed E-state index contributed by atoms with van der Waals surface area (Å²) in [6.07, 6.45) is 2.36. The fourth-order valence-electron chi connectivity index (χ4n) is 0. The van der Waals surface area contributed by atoms with Crippen LogP contribution in [0, 0.1) is 22.7 Å². The summed E-state index contributed by atoms with van der Waals surface area (Å²) in [6, 6.07) is 3.39. The monoisotopic (exact) mass is 164 g/mol. The van der Waals surface area contributed by atoms with Gasteiger partial charge >= 0.3 is 16.5 Å². The van der Waals surface area contributed by atoms with Gasteiger partial charge in [-0.1, -0.05) is 13.2 Å². The second kappa shape index (κ2) is 28.3. The largest absolute Gasteiger partial charge is 2.00 e. The summed E-state index contributed by atoms with van der Waals surface area (Å²) in [7, 11) is 0. The van der Waals surface area contributed by atoms with Crippen LogP contribution < -0.4 is 0 Å². The van der Waals surface area contributed by atoms with Crippen LogP contribution in [0.3, 0.4) is 0 Å². The average molecular weight is 165 g/mol. The first-order chi connectivity index (χ1) is 3.83. The first-order valence-corrected chi connectivity index (χ1v) is 1.84. The van der Waals surface area contributed by atoms with Crippen molar-refractivity contribution in [1.82, 2.24) is 0 Å². The average Bonchev–Trinajstić information content (AvgIpc) is 1.88. The molecule has 0 radical (unpaired) electrons. The Morgan fingerprint density at radius 2 is 1.11 bits per heavy atom. The summed E-state index contributed by atoms with van der Waals surface area (Å²) in [5.41, 5.74) is 0. The van der Waals surface area contributed by atoms with Crippen molar-refractivity contribution in [3.8, 4) is 12.1 Å². The van der Waals surface area contributed by atoms with Crippen LogP contribution in [-0.4, -0.2) is 0 Å². The Morgan fingerprint density at radius 1 is 1.00 bits per heavy atom. The van der Waals surface area contributed by atoms with Gasteiger partial charge in [-0.05, 0) is 0 Å². The van der Waals surface area contributed by atoms with Gasteiger partial charge in [-0.3, -0.25) is 0 Å². The molecule has 0 saturated heterocycles. The van der Waals surface area contributed by atoms with E-state index < -0.39 is 0 Å². The minimum absolute atomic E-state index is 0. The number of rotatable bonds is 0. The standard InChI is InChI=1S/2C3H3N.Ni/c2*1-2-3-4;/h2*2H,1H2;/q;;+2.